The fraction of sp³-hybridized carbons (Fsp3) is 0.500. The van der Waals surface area contributed by atoms with Crippen LogP contribution in [0, 0.1) is 18.6 Å². The summed E-state index contributed by atoms with van der Waals surface area (Å²) < 4.78 is 31.6. The topological polar surface area (TPSA) is 21.3 Å². The number of aryl methyl sites for hydroxylation is 1. The van der Waals surface area contributed by atoms with E-state index in [-0.39, 0.29) is 11.3 Å². The molecule has 0 fully saturated rings. The molecule has 0 amide bonds. The van der Waals surface area contributed by atoms with Crippen molar-refractivity contribution in [3.8, 4) is 5.75 Å². The number of halogens is 2. The molecule has 0 bridgehead atoms. The molecular weight excluding hydrogens is 212 g/mol. The number of ether oxygens (including phenoxy) is 1. The first-order chi connectivity index (χ1) is 7.66. The van der Waals surface area contributed by atoms with Crippen molar-refractivity contribution in [2.75, 3.05) is 19.7 Å². The van der Waals surface area contributed by atoms with Crippen LogP contribution in [0.1, 0.15) is 18.9 Å². The van der Waals surface area contributed by atoms with E-state index in [2.05, 4.69) is 12.2 Å². The van der Waals surface area contributed by atoms with Gasteiger partial charge >= 0.3 is 0 Å². The summed E-state index contributed by atoms with van der Waals surface area (Å²) in [4.78, 5) is 0. The highest BCUT2D eigenvalue weighted by molar-refractivity contribution is 5.30. The van der Waals surface area contributed by atoms with E-state index >= 15 is 0 Å². The number of benzene rings is 1. The molecule has 0 saturated heterocycles. The molecule has 1 N–H and O–H groups in total. The SMILES string of the molecule is CCCNCCOc1ccc(C)c(F)c1F. The monoisotopic (exact) mass is 229 g/mol. The summed E-state index contributed by atoms with van der Waals surface area (Å²) in [6.45, 7) is 5.43. The molecule has 16 heavy (non-hydrogen) atoms. The Bertz CT molecular complexity index is 342. The maximum Gasteiger partial charge on any atom is 0.200 e. The van der Waals surface area contributed by atoms with Gasteiger partial charge in [0.15, 0.2) is 11.6 Å². The maximum absolute atomic E-state index is 13.3. The molecule has 0 aliphatic heterocycles. The van der Waals surface area contributed by atoms with E-state index in [1.165, 1.54) is 19.1 Å². The van der Waals surface area contributed by atoms with Crippen LogP contribution in [0.15, 0.2) is 12.1 Å². The molecule has 0 aliphatic carbocycles. The molecule has 1 rings (SSSR count). The van der Waals surface area contributed by atoms with Gasteiger partial charge in [0, 0.05) is 6.54 Å². The molecule has 1 aromatic rings. The summed E-state index contributed by atoms with van der Waals surface area (Å²) >= 11 is 0. The fourth-order valence-corrected chi connectivity index (χ4v) is 1.27. The average Bonchev–Trinajstić information content (AvgIpc) is 2.28. The van der Waals surface area contributed by atoms with E-state index < -0.39 is 11.6 Å². The Morgan fingerprint density at radius 1 is 1.19 bits per heavy atom. The molecule has 0 aliphatic rings. The minimum absolute atomic E-state index is 0.0265. The minimum Gasteiger partial charge on any atom is -0.489 e. The van der Waals surface area contributed by atoms with Crippen LogP contribution < -0.4 is 10.1 Å². The van der Waals surface area contributed by atoms with Crippen LogP contribution >= 0.6 is 0 Å². The second kappa shape index (κ2) is 6.43. The second-order valence-electron chi connectivity index (χ2n) is 3.61. The minimum atomic E-state index is -0.907. The van der Waals surface area contributed by atoms with Gasteiger partial charge in [-0.1, -0.05) is 13.0 Å². The van der Waals surface area contributed by atoms with Crippen molar-refractivity contribution in [2.45, 2.75) is 20.3 Å². The summed E-state index contributed by atoms with van der Waals surface area (Å²) in [5.74, 6) is -1.77. The third-order valence-corrected chi connectivity index (χ3v) is 2.20. The van der Waals surface area contributed by atoms with Gasteiger partial charge in [-0.25, -0.2) is 4.39 Å². The van der Waals surface area contributed by atoms with Crippen LogP contribution in [0.5, 0.6) is 5.75 Å². The lowest BCUT2D eigenvalue weighted by Crippen LogP contribution is -2.21. The van der Waals surface area contributed by atoms with Gasteiger partial charge in [-0.05, 0) is 31.5 Å². The zero-order chi connectivity index (χ0) is 12.0. The Morgan fingerprint density at radius 3 is 2.62 bits per heavy atom. The molecule has 2 nitrogen and oxygen atoms in total. The summed E-state index contributed by atoms with van der Waals surface area (Å²) in [6, 6.07) is 2.96. The molecule has 0 spiro atoms. The smallest absolute Gasteiger partial charge is 0.200 e. The van der Waals surface area contributed by atoms with Gasteiger partial charge in [-0.2, -0.15) is 4.39 Å². The molecule has 0 atom stereocenters. The van der Waals surface area contributed by atoms with Crippen LogP contribution in [-0.2, 0) is 0 Å². The van der Waals surface area contributed by atoms with Gasteiger partial charge in [-0.3, -0.25) is 0 Å². The van der Waals surface area contributed by atoms with E-state index in [0.717, 1.165) is 13.0 Å². The zero-order valence-electron chi connectivity index (χ0n) is 9.65. The molecule has 0 heterocycles. The van der Waals surface area contributed by atoms with E-state index in [9.17, 15) is 8.78 Å². The van der Waals surface area contributed by atoms with Gasteiger partial charge in [0.2, 0.25) is 5.82 Å². The molecular formula is C12H17F2NO. The van der Waals surface area contributed by atoms with Crippen molar-refractivity contribution in [1.82, 2.24) is 5.32 Å². The summed E-state index contributed by atoms with van der Waals surface area (Å²) in [6.07, 6.45) is 1.04. The van der Waals surface area contributed by atoms with Crippen LogP contribution in [0.3, 0.4) is 0 Å². The number of hydrogen-bond acceptors (Lipinski definition) is 2. The molecule has 90 valence electrons. The molecule has 0 radical (unpaired) electrons. The van der Waals surface area contributed by atoms with Crippen LogP contribution in [0.2, 0.25) is 0 Å². The Labute approximate surface area is 94.6 Å². The predicted octanol–water partition coefficient (Wildman–Crippen LogP) is 2.65. The van der Waals surface area contributed by atoms with E-state index in [4.69, 9.17) is 4.74 Å². The third kappa shape index (κ3) is 3.45. The van der Waals surface area contributed by atoms with E-state index in [1.54, 1.807) is 0 Å². The summed E-state index contributed by atoms with van der Waals surface area (Å²) in [7, 11) is 0. The lowest BCUT2D eigenvalue weighted by atomic mass is 10.2. The van der Waals surface area contributed by atoms with Gasteiger partial charge < -0.3 is 10.1 Å². The lowest BCUT2D eigenvalue weighted by Gasteiger charge is -2.09. The summed E-state index contributed by atoms with van der Waals surface area (Å²) in [5.41, 5.74) is 0.286. The van der Waals surface area contributed by atoms with Crippen molar-refractivity contribution >= 4 is 0 Å². The molecule has 0 aromatic heterocycles. The third-order valence-electron chi connectivity index (χ3n) is 2.20. The highest BCUT2D eigenvalue weighted by Crippen LogP contribution is 2.21. The Kier molecular flexibility index (Phi) is 5.19. The fourth-order valence-electron chi connectivity index (χ4n) is 1.27. The van der Waals surface area contributed by atoms with Crippen molar-refractivity contribution in [2.24, 2.45) is 0 Å². The largest absolute Gasteiger partial charge is 0.489 e. The molecule has 0 saturated carbocycles. The highest BCUT2D eigenvalue weighted by Gasteiger charge is 2.11. The van der Waals surface area contributed by atoms with Crippen molar-refractivity contribution in [1.29, 1.82) is 0 Å². The van der Waals surface area contributed by atoms with Crippen LogP contribution in [-0.4, -0.2) is 19.7 Å². The Balaban J connectivity index is 2.45. The first-order valence-electron chi connectivity index (χ1n) is 5.45. The van der Waals surface area contributed by atoms with Crippen molar-refractivity contribution in [3.05, 3.63) is 29.3 Å². The van der Waals surface area contributed by atoms with Crippen molar-refractivity contribution < 1.29 is 13.5 Å². The molecule has 0 unspecified atom stereocenters. The standard InChI is InChI=1S/C12H17F2NO/c1-3-6-15-7-8-16-10-5-4-9(2)11(13)12(10)14/h4-5,15H,3,6-8H2,1-2H3. The lowest BCUT2D eigenvalue weighted by molar-refractivity contribution is 0.293. The van der Waals surface area contributed by atoms with E-state index in [0.29, 0.717) is 13.2 Å². The summed E-state index contributed by atoms with van der Waals surface area (Å²) in [5, 5.41) is 3.11. The van der Waals surface area contributed by atoms with Gasteiger partial charge in [0.05, 0.1) is 0 Å². The van der Waals surface area contributed by atoms with Crippen LogP contribution in [0.25, 0.3) is 0 Å². The average molecular weight is 229 g/mol. The maximum atomic E-state index is 13.3. The zero-order valence-corrected chi connectivity index (χ0v) is 9.65. The Hall–Kier alpha value is -1.16. The predicted molar refractivity (Wildman–Crippen MR) is 59.8 cm³/mol. The van der Waals surface area contributed by atoms with Crippen LogP contribution in [0.4, 0.5) is 8.78 Å². The quantitative estimate of drug-likeness (QED) is 0.757. The van der Waals surface area contributed by atoms with Gasteiger partial charge in [-0.15, -0.1) is 0 Å². The second-order valence-corrected chi connectivity index (χ2v) is 3.61. The molecule has 4 heteroatoms. The molecule has 1 aromatic carbocycles. The number of rotatable bonds is 6. The van der Waals surface area contributed by atoms with Gasteiger partial charge in [0.1, 0.15) is 6.61 Å². The highest BCUT2D eigenvalue weighted by atomic mass is 19.2. The first kappa shape index (κ1) is 12.9. The number of nitrogens with one attached hydrogen (secondary N) is 1. The van der Waals surface area contributed by atoms with E-state index in [1.807, 2.05) is 0 Å². The van der Waals surface area contributed by atoms with Gasteiger partial charge in [0.25, 0.3) is 0 Å². The number of hydrogen-bond donors (Lipinski definition) is 1. The Morgan fingerprint density at radius 2 is 1.94 bits per heavy atom. The van der Waals surface area contributed by atoms with Crippen molar-refractivity contribution in [3.63, 3.8) is 0 Å². The normalized spacial score (nSPS) is 10.5. The first-order valence-corrected chi connectivity index (χ1v) is 5.45.